The molecule has 0 atom stereocenters. The van der Waals surface area contributed by atoms with Gasteiger partial charge in [-0.3, -0.25) is 0 Å². The Morgan fingerprint density at radius 3 is 2.21 bits per heavy atom. The van der Waals surface area contributed by atoms with Crippen LogP contribution in [0.1, 0.15) is 51.2 Å². The van der Waals surface area contributed by atoms with Crippen LogP contribution in [0.5, 0.6) is 5.75 Å². The average Bonchev–Trinajstić information content (AvgIpc) is 2.49. The number of para-hydroxylation sites is 1. The lowest BCUT2D eigenvalue weighted by atomic mass is 9.88. The van der Waals surface area contributed by atoms with Crippen LogP contribution in [0.3, 0.4) is 0 Å². The van der Waals surface area contributed by atoms with E-state index in [-0.39, 0.29) is 0 Å². The molecule has 0 aromatic heterocycles. The summed E-state index contributed by atoms with van der Waals surface area (Å²) in [5, 5.41) is 9.83. The summed E-state index contributed by atoms with van der Waals surface area (Å²) in [6, 6.07) is 5.91. The summed E-state index contributed by atoms with van der Waals surface area (Å²) in [5.41, 5.74) is 1.18. The number of likely N-dealkylation sites (tertiary alicyclic amines) is 1. The highest BCUT2D eigenvalue weighted by atomic mass is 16.5. The standard InChI is InChI=1S/C20H31NO3/c1-15-7-6-8-16(2)17(15)24-20(18(22)23)10-13-21(14-11-20)12-9-19(3,4)5/h6-8H,9-14H2,1-5H3,(H,22,23). The van der Waals surface area contributed by atoms with E-state index in [0.29, 0.717) is 18.3 Å². The molecule has 4 nitrogen and oxygen atoms in total. The van der Waals surface area contributed by atoms with E-state index in [2.05, 4.69) is 25.7 Å². The van der Waals surface area contributed by atoms with E-state index in [1.165, 1.54) is 0 Å². The third kappa shape index (κ3) is 4.50. The Morgan fingerprint density at radius 1 is 1.21 bits per heavy atom. The summed E-state index contributed by atoms with van der Waals surface area (Å²) in [4.78, 5) is 14.3. The molecule has 0 bridgehead atoms. The number of aliphatic carboxylic acids is 1. The van der Waals surface area contributed by atoms with Gasteiger partial charge < -0.3 is 14.7 Å². The zero-order valence-electron chi connectivity index (χ0n) is 15.7. The van der Waals surface area contributed by atoms with Gasteiger partial charge in [-0.1, -0.05) is 39.0 Å². The molecule has 1 fully saturated rings. The summed E-state index contributed by atoms with van der Waals surface area (Å²) < 4.78 is 6.13. The van der Waals surface area contributed by atoms with E-state index >= 15 is 0 Å². The lowest BCUT2D eigenvalue weighted by molar-refractivity contribution is -0.159. The Hall–Kier alpha value is -1.55. The second kappa shape index (κ2) is 7.14. The number of rotatable bonds is 5. The van der Waals surface area contributed by atoms with E-state index in [1.54, 1.807) is 0 Å². The van der Waals surface area contributed by atoms with E-state index in [0.717, 1.165) is 42.9 Å². The van der Waals surface area contributed by atoms with Crippen LogP contribution in [-0.2, 0) is 4.79 Å². The van der Waals surface area contributed by atoms with Crippen LogP contribution in [0.15, 0.2) is 18.2 Å². The first-order chi connectivity index (χ1) is 11.1. The van der Waals surface area contributed by atoms with Gasteiger partial charge in [-0.15, -0.1) is 0 Å². The number of piperidine rings is 1. The van der Waals surface area contributed by atoms with Crippen molar-refractivity contribution in [3.05, 3.63) is 29.3 Å². The van der Waals surface area contributed by atoms with Crippen LogP contribution < -0.4 is 4.74 Å². The van der Waals surface area contributed by atoms with Gasteiger partial charge in [0.1, 0.15) is 5.75 Å². The quantitative estimate of drug-likeness (QED) is 0.883. The molecule has 0 saturated carbocycles. The minimum atomic E-state index is -1.10. The molecule has 1 aromatic carbocycles. The number of hydrogen-bond acceptors (Lipinski definition) is 3. The largest absolute Gasteiger partial charge is 0.478 e. The van der Waals surface area contributed by atoms with Gasteiger partial charge in [0.25, 0.3) is 0 Å². The van der Waals surface area contributed by atoms with Gasteiger partial charge in [-0.05, 0) is 43.4 Å². The zero-order chi connectivity index (χ0) is 18.0. The van der Waals surface area contributed by atoms with Crippen molar-refractivity contribution < 1.29 is 14.6 Å². The van der Waals surface area contributed by atoms with Crippen molar-refractivity contribution in [2.24, 2.45) is 5.41 Å². The highest BCUT2D eigenvalue weighted by molar-refractivity contribution is 5.78. The van der Waals surface area contributed by atoms with Gasteiger partial charge in [0.15, 0.2) is 0 Å². The van der Waals surface area contributed by atoms with Crippen molar-refractivity contribution in [2.75, 3.05) is 19.6 Å². The fourth-order valence-electron chi connectivity index (χ4n) is 3.15. The second-order valence-corrected chi connectivity index (χ2v) is 8.27. The minimum absolute atomic E-state index is 0.302. The lowest BCUT2D eigenvalue weighted by Gasteiger charge is -2.40. The van der Waals surface area contributed by atoms with E-state index < -0.39 is 11.6 Å². The molecule has 0 radical (unpaired) electrons. The van der Waals surface area contributed by atoms with Crippen LogP contribution >= 0.6 is 0 Å². The lowest BCUT2D eigenvalue weighted by Crippen LogP contribution is -2.53. The molecule has 1 aliphatic heterocycles. The molecule has 0 amide bonds. The van der Waals surface area contributed by atoms with Crippen molar-refractivity contribution in [2.45, 2.75) is 59.5 Å². The topological polar surface area (TPSA) is 49.8 Å². The molecule has 1 saturated heterocycles. The molecule has 1 aromatic rings. The molecule has 134 valence electrons. The first kappa shape index (κ1) is 18.8. The summed E-state index contributed by atoms with van der Waals surface area (Å²) in [5.74, 6) is -0.122. The van der Waals surface area contributed by atoms with E-state index in [4.69, 9.17) is 4.74 Å². The van der Waals surface area contributed by atoms with Gasteiger partial charge in [0, 0.05) is 25.9 Å². The fourth-order valence-corrected chi connectivity index (χ4v) is 3.15. The molecule has 0 spiro atoms. The van der Waals surface area contributed by atoms with Crippen molar-refractivity contribution in [3.63, 3.8) is 0 Å². The molecule has 24 heavy (non-hydrogen) atoms. The molecule has 0 aliphatic carbocycles. The molecule has 0 unspecified atom stereocenters. The summed E-state index contributed by atoms with van der Waals surface area (Å²) in [6.45, 7) is 13.2. The first-order valence-corrected chi connectivity index (χ1v) is 8.84. The van der Waals surface area contributed by atoms with Crippen molar-refractivity contribution in [1.82, 2.24) is 4.90 Å². The van der Waals surface area contributed by atoms with Crippen LogP contribution in [0.4, 0.5) is 0 Å². The maximum atomic E-state index is 12.0. The Kier molecular flexibility index (Phi) is 5.59. The molecular weight excluding hydrogens is 302 g/mol. The predicted octanol–water partition coefficient (Wildman–Crippen LogP) is 4.04. The highest BCUT2D eigenvalue weighted by Gasteiger charge is 2.44. The van der Waals surface area contributed by atoms with Crippen LogP contribution in [0.25, 0.3) is 0 Å². The zero-order valence-corrected chi connectivity index (χ0v) is 15.7. The Labute approximate surface area is 145 Å². The molecular formula is C20H31NO3. The minimum Gasteiger partial charge on any atom is -0.478 e. The normalized spacial score (nSPS) is 18.4. The van der Waals surface area contributed by atoms with Crippen LogP contribution in [0, 0.1) is 19.3 Å². The number of hydrogen-bond donors (Lipinski definition) is 1. The smallest absolute Gasteiger partial charge is 0.348 e. The highest BCUT2D eigenvalue weighted by Crippen LogP contribution is 2.33. The summed E-state index contributed by atoms with van der Waals surface area (Å²) >= 11 is 0. The molecule has 1 N–H and O–H groups in total. The predicted molar refractivity (Wildman–Crippen MR) is 96.7 cm³/mol. The third-order valence-electron chi connectivity index (χ3n) is 4.94. The van der Waals surface area contributed by atoms with E-state index in [9.17, 15) is 9.90 Å². The maximum absolute atomic E-state index is 12.0. The summed E-state index contributed by atoms with van der Waals surface area (Å²) in [6.07, 6.45) is 2.17. The SMILES string of the molecule is Cc1cccc(C)c1OC1(C(=O)O)CCN(CCC(C)(C)C)CC1. The number of ether oxygens (including phenoxy) is 1. The Bertz CT molecular complexity index is 561. The van der Waals surface area contributed by atoms with Crippen molar-refractivity contribution in [1.29, 1.82) is 0 Å². The molecule has 1 aliphatic rings. The summed E-state index contributed by atoms with van der Waals surface area (Å²) in [7, 11) is 0. The maximum Gasteiger partial charge on any atom is 0.348 e. The number of carboxylic acids is 1. The average molecular weight is 333 g/mol. The monoisotopic (exact) mass is 333 g/mol. The Morgan fingerprint density at radius 2 is 1.75 bits per heavy atom. The fraction of sp³-hybridized carbons (Fsp3) is 0.650. The Balaban J connectivity index is 2.08. The van der Waals surface area contributed by atoms with Crippen molar-refractivity contribution >= 4 is 5.97 Å². The van der Waals surface area contributed by atoms with Gasteiger partial charge in [0.05, 0.1) is 0 Å². The first-order valence-electron chi connectivity index (χ1n) is 8.84. The van der Waals surface area contributed by atoms with Gasteiger partial charge in [-0.2, -0.15) is 0 Å². The van der Waals surface area contributed by atoms with Gasteiger partial charge in [0.2, 0.25) is 5.60 Å². The molecule has 1 heterocycles. The molecule has 4 heteroatoms. The number of benzene rings is 1. The number of aryl methyl sites for hydroxylation is 2. The van der Waals surface area contributed by atoms with Crippen LogP contribution in [-0.4, -0.2) is 41.2 Å². The van der Waals surface area contributed by atoms with Gasteiger partial charge >= 0.3 is 5.97 Å². The third-order valence-corrected chi connectivity index (χ3v) is 4.94. The van der Waals surface area contributed by atoms with Crippen molar-refractivity contribution in [3.8, 4) is 5.75 Å². The van der Waals surface area contributed by atoms with Gasteiger partial charge in [-0.25, -0.2) is 4.79 Å². The second-order valence-electron chi connectivity index (χ2n) is 8.27. The van der Waals surface area contributed by atoms with E-state index in [1.807, 2.05) is 32.0 Å². The number of carboxylic acid groups (broad SMARTS) is 1. The molecule has 2 rings (SSSR count). The number of nitrogens with zero attached hydrogens (tertiary/aromatic N) is 1. The van der Waals surface area contributed by atoms with Crippen LogP contribution in [0.2, 0.25) is 0 Å². The number of carbonyl (C=O) groups is 1.